The molecule has 26 heavy (non-hydrogen) atoms. The Morgan fingerprint density at radius 3 is 1.23 bits per heavy atom. The molecule has 1 aliphatic rings. The molecular formula is C24H48O2. The maximum atomic E-state index is 6.23. The van der Waals surface area contributed by atoms with Crippen molar-refractivity contribution in [1.82, 2.24) is 0 Å². The van der Waals surface area contributed by atoms with E-state index in [1.807, 2.05) is 0 Å². The molecule has 0 bridgehead atoms. The third-order valence-electron chi connectivity index (χ3n) is 6.24. The van der Waals surface area contributed by atoms with Gasteiger partial charge >= 0.3 is 0 Å². The number of hydrogen-bond acceptors (Lipinski definition) is 2. The van der Waals surface area contributed by atoms with Gasteiger partial charge in [0, 0.05) is 0 Å². The molecule has 0 aromatic carbocycles. The molecule has 0 aliphatic carbocycles. The van der Waals surface area contributed by atoms with E-state index in [9.17, 15) is 0 Å². The Morgan fingerprint density at radius 1 is 0.538 bits per heavy atom. The molecule has 1 rings (SSSR count). The summed E-state index contributed by atoms with van der Waals surface area (Å²) in [6.45, 7) is 9.75. The highest BCUT2D eigenvalue weighted by Gasteiger charge is 2.39. The number of ether oxygens (including phenoxy) is 2. The molecule has 0 N–H and O–H groups in total. The second-order valence-electron chi connectivity index (χ2n) is 8.53. The second-order valence-corrected chi connectivity index (χ2v) is 8.53. The maximum absolute atomic E-state index is 6.23. The lowest BCUT2D eigenvalue weighted by Crippen LogP contribution is -2.37. The van der Waals surface area contributed by atoms with E-state index >= 15 is 0 Å². The number of rotatable bonds is 17. The number of unbranched alkanes of at least 4 members (excludes halogenated alkanes) is 7. The summed E-state index contributed by atoms with van der Waals surface area (Å²) in [5.41, 5.74) is 0. The molecule has 2 heteroatoms. The van der Waals surface area contributed by atoms with Gasteiger partial charge in [0.15, 0.2) is 0 Å². The van der Waals surface area contributed by atoms with E-state index in [0.717, 1.165) is 0 Å². The normalized spacial score (nSPS) is 21.6. The molecular weight excluding hydrogens is 320 g/mol. The van der Waals surface area contributed by atoms with Crippen LogP contribution < -0.4 is 0 Å². The average molecular weight is 369 g/mol. The van der Waals surface area contributed by atoms with Gasteiger partial charge in [-0.1, -0.05) is 98.3 Å². The zero-order chi connectivity index (χ0) is 19.0. The molecule has 1 fully saturated rings. The first-order valence-corrected chi connectivity index (χ1v) is 12.0. The average Bonchev–Trinajstić information content (AvgIpc) is 3.13. The Hall–Kier alpha value is -0.0800. The van der Waals surface area contributed by atoms with Crippen molar-refractivity contribution in [2.45, 2.75) is 136 Å². The predicted octanol–water partition coefficient (Wildman–Crippen LogP) is 7.89. The summed E-state index contributed by atoms with van der Waals surface area (Å²) in [5, 5.41) is 0. The maximum Gasteiger partial charge on any atom is 0.147 e. The van der Waals surface area contributed by atoms with Crippen molar-refractivity contribution >= 4 is 0 Å². The first-order chi connectivity index (χ1) is 12.8. The van der Waals surface area contributed by atoms with Crippen molar-refractivity contribution in [3.05, 3.63) is 0 Å². The van der Waals surface area contributed by atoms with Gasteiger partial charge in [-0.2, -0.15) is 0 Å². The van der Waals surface area contributed by atoms with E-state index in [4.69, 9.17) is 9.47 Å². The highest BCUT2D eigenvalue weighted by Crippen LogP contribution is 2.36. The van der Waals surface area contributed by atoms with Crippen molar-refractivity contribution in [1.29, 1.82) is 0 Å². The summed E-state index contributed by atoms with van der Waals surface area (Å²) >= 11 is 0. The molecule has 2 nitrogen and oxygen atoms in total. The Morgan fingerprint density at radius 2 is 0.885 bits per heavy atom. The smallest absolute Gasteiger partial charge is 0.147 e. The summed E-state index contributed by atoms with van der Waals surface area (Å²) in [5.74, 6) is 1.41. The minimum absolute atomic E-state index is 0.353. The molecule has 0 aromatic heterocycles. The molecule has 0 saturated carbocycles. The fourth-order valence-electron chi connectivity index (χ4n) is 4.58. The van der Waals surface area contributed by atoms with Gasteiger partial charge < -0.3 is 9.47 Å². The van der Waals surface area contributed by atoms with Crippen LogP contribution in [0.25, 0.3) is 0 Å². The van der Waals surface area contributed by atoms with E-state index in [1.165, 1.54) is 96.3 Å². The standard InChI is InChI=1S/C24H48O2/c1-5-9-13-17-21(16-12-8-4)23-24(26-20-25-23)22(18-14-10-6-2)19-15-11-7-3/h21-24H,5-20H2,1-4H3. The van der Waals surface area contributed by atoms with E-state index in [0.29, 0.717) is 30.8 Å². The van der Waals surface area contributed by atoms with Crippen LogP contribution in [0.5, 0.6) is 0 Å². The van der Waals surface area contributed by atoms with Crippen LogP contribution in [0.15, 0.2) is 0 Å². The first-order valence-electron chi connectivity index (χ1n) is 12.0. The van der Waals surface area contributed by atoms with E-state index in [1.54, 1.807) is 0 Å². The summed E-state index contributed by atoms with van der Waals surface area (Å²) in [7, 11) is 0. The molecule has 156 valence electrons. The number of hydrogen-bond donors (Lipinski definition) is 0. The van der Waals surface area contributed by atoms with Crippen LogP contribution in [0, 0.1) is 11.8 Å². The lowest BCUT2D eigenvalue weighted by Gasteiger charge is -2.32. The van der Waals surface area contributed by atoms with Gasteiger partial charge in [0.25, 0.3) is 0 Å². The van der Waals surface area contributed by atoms with Crippen molar-refractivity contribution < 1.29 is 9.47 Å². The van der Waals surface area contributed by atoms with E-state index < -0.39 is 0 Å². The molecule has 1 aliphatic heterocycles. The zero-order valence-corrected chi connectivity index (χ0v) is 18.4. The molecule has 0 amide bonds. The summed E-state index contributed by atoms with van der Waals surface area (Å²) in [4.78, 5) is 0. The van der Waals surface area contributed by atoms with E-state index in [2.05, 4.69) is 27.7 Å². The fraction of sp³-hybridized carbons (Fsp3) is 1.00. The van der Waals surface area contributed by atoms with Crippen LogP contribution in [-0.2, 0) is 9.47 Å². The van der Waals surface area contributed by atoms with Crippen LogP contribution in [0.4, 0.5) is 0 Å². The Kier molecular flexibility index (Phi) is 14.7. The minimum atomic E-state index is 0.353. The zero-order valence-electron chi connectivity index (χ0n) is 18.4. The van der Waals surface area contributed by atoms with Crippen LogP contribution in [-0.4, -0.2) is 19.0 Å². The minimum Gasteiger partial charge on any atom is -0.349 e. The quantitative estimate of drug-likeness (QED) is 0.243. The van der Waals surface area contributed by atoms with Crippen molar-refractivity contribution in [3.8, 4) is 0 Å². The van der Waals surface area contributed by atoms with Gasteiger partial charge in [0.1, 0.15) is 6.79 Å². The lowest BCUT2D eigenvalue weighted by atomic mass is 9.80. The lowest BCUT2D eigenvalue weighted by molar-refractivity contribution is 0.0205. The van der Waals surface area contributed by atoms with Gasteiger partial charge in [-0.3, -0.25) is 0 Å². The Balaban J connectivity index is 2.70. The van der Waals surface area contributed by atoms with Gasteiger partial charge in [0.2, 0.25) is 0 Å². The molecule has 3 atom stereocenters. The van der Waals surface area contributed by atoms with Crippen molar-refractivity contribution in [3.63, 3.8) is 0 Å². The van der Waals surface area contributed by atoms with Crippen LogP contribution in [0.1, 0.15) is 124 Å². The van der Waals surface area contributed by atoms with Crippen molar-refractivity contribution in [2.75, 3.05) is 6.79 Å². The highest BCUT2D eigenvalue weighted by atomic mass is 16.7. The summed E-state index contributed by atoms with van der Waals surface area (Å²) in [6.07, 6.45) is 20.7. The topological polar surface area (TPSA) is 18.5 Å². The summed E-state index contributed by atoms with van der Waals surface area (Å²) in [6, 6.07) is 0. The second kappa shape index (κ2) is 15.9. The molecule has 0 radical (unpaired) electrons. The summed E-state index contributed by atoms with van der Waals surface area (Å²) < 4.78 is 12.5. The van der Waals surface area contributed by atoms with Gasteiger partial charge in [-0.25, -0.2) is 0 Å². The molecule has 3 unspecified atom stereocenters. The first kappa shape index (κ1) is 24.0. The Labute approximate surface area is 164 Å². The Bertz CT molecular complexity index is 295. The third kappa shape index (κ3) is 9.22. The van der Waals surface area contributed by atoms with Gasteiger partial charge in [-0.15, -0.1) is 0 Å². The van der Waals surface area contributed by atoms with Crippen LogP contribution in [0.3, 0.4) is 0 Å². The predicted molar refractivity (Wildman–Crippen MR) is 114 cm³/mol. The largest absolute Gasteiger partial charge is 0.349 e. The van der Waals surface area contributed by atoms with Crippen LogP contribution >= 0.6 is 0 Å². The highest BCUT2D eigenvalue weighted by molar-refractivity contribution is 4.86. The van der Waals surface area contributed by atoms with Gasteiger partial charge in [0.05, 0.1) is 12.2 Å². The molecule has 1 heterocycles. The molecule has 0 aromatic rings. The fourth-order valence-corrected chi connectivity index (χ4v) is 4.58. The monoisotopic (exact) mass is 368 g/mol. The third-order valence-corrected chi connectivity index (χ3v) is 6.24. The van der Waals surface area contributed by atoms with Crippen LogP contribution in [0.2, 0.25) is 0 Å². The van der Waals surface area contributed by atoms with Crippen molar-refractivity contribution in [2.24, 2.45) is 11.8 Å². The van der Waals surface area contributed by atoms with Gasteiger partial charge in [-0.05, 0) is 37.5 Å². The molecule has 1 saturated heterocycles. The van der Waals surface area contributed by atoms with E-state index in [-0.39, 0.29) is 0 Å². The molecule has 0 spiro atoms. The SMILES string of the molecule is CCCCCC(CCCC)C1OCOC1C(CCCCC)CCCCC.